The maximum absolute atomic E-state index is 11.3. The summed E-state index contributed by atoms with van der Waals surface area (Å²) in [5, 5.41) is 10.2. The van der Waals surface area contributed by atoms with E-state index >= 15 is 0 Å². The van der Waals surface area contributed by atoms with Crippen LogP contribution in [0.2, 0.25) is 0 Å². The Bertz CT molecular complexity index is 473. The van der Waals surface area contributed by atoms with Gasteiger partial charge < -0.3 is 14.9 Å². The Morgan fingerprint density at radius 2 is 2.15 bits per heavy atom. The molecule has 1 N–H and O–H groups in total. The number of anilines is 1. The molecule has 0 bridgehead atoms. The molecule has 2 rings (SSSR count). The second-order valence-corrected chi connectivity index (χ2v) is 6.73. The second kappa shape index (κ2) is 6.54. The molecular formula is C14H23N3O2S. The molecule has 0 spiro atoms. The number of nitrogens with zero attached hydrogens (tertiary/aromatic N) is 3. The first-order chi connectivity index (χ1) is 9.49. The summed E-state index contributed by atoms with van der Waals surface area (Å²) in [6.45, 7) is 2.00. The Kier molecular flexibility index (Phi) is 4.99. The molecular weight excluding hydrogens is 274 g/mol. The highest BCUT2D eigenvalue weighted by molar-refractivity contribution is 7.15. The van der Waals surface area contributed by atoms with Gasteiger partial charge in [-0.25, -0.2) is 4.98 Å². The Balaban J connectivity index is 2.05. The van der Waals surface area contributed by atoms with Crippen LogP contribution in [0.4, 0.5) is 5.13 Å². The average molecular weight is 297 g/mol. The summed E-state index contributed by atoms with van der Waals surface area (Å²) < 4.78 is 0. The van der Waals surface area contributed by atoms with E-state index in [0.29, 0.717) is 0 Å². The van der Waals surface area contributed by atoms with E-state index in [0.717, 1.165) is 54.5 Å². The lowest BCUT2D eigenvalue weighted by Gasteiger charge is -2.17. The summed E-state index contributed by atoms with van der Waals surface area (Å²) in [6, 6.07) is 0. The van der Waals surface area contributed by atoms with Crippen molar-refractivity contribution in [3.8, 4) is 0 Å². The zero-order chi connectivity index (χ0) is 14.7. The Labute approximate surface area is 124 Å². The molecule has 0 saturated carbocycles. The Morgan fingerprint density at radius 1 is 1.40 bits per heavy atom. The van der Waals surface area contributed by atoms with Gasteiger partial charge in [-0.3, -0.25) is 4.79 Å². The highest BCUT2D eigenvalue weighted by atomic mass is 32.1. The zero-order valence-corrected chi connectivity index (χ0v) is 13.2. The van der Waals surface area contributed by atoms with Crippen molar-refractivity contribution in [1.82, 2.24) is 9.88 Å². The number of aryl methyl sites for hydroxylation is 1. The summed E-state index contributed by atoms with van der Waals surface area (Å²) in [4.78, 5) is 21.4. The van der Waals surface area contributed by atoms with Gasteiger partial charge in [0.2, 0.25) is 0 Å². The van der Waals surface area contributed by atoms with Crippen LogP contribution in [0.1, 0.15) is 35.8 Å². The first-order valence-electron chi connectivity index (χ1n) is 7.07. The van der Waals surface area contributed by atoms with Crippen molar-refractivity contribution in [1.29, 1.82) is 0 Å². The molecule has 1 aliphatic rings. The summed E-state index contributed by atoms with van der Waals surface area (Å²) in [6.07, 6.45) is 3.73. The SMILES string of the molecule is CN(C)CCCN(C)c1nc2c(s1)CCCC2C(=O)O. The van der Waals surface area contributed by atoms with Crippen LogP contribution < -0.4 is 4.90 Å². The summed E-state index contributed by atoms with van der Waals surface area (Å²) in [7, 11) is 6.18. The third-order valence-electron chi connectivity index (χ3n) is 3.67. The Hall–Kier alpha value is -1.14. The predicted molar refractivity (Wildman–Crippen MR) is 81.9 cm³/mol. The quantitative estimate of drug-likeness (QED) is 0.871. The summed E-state index contributed by atoms with van der Waals surface area (Å²) >= 11 is 1.66. The standard InChI is InChI=1S/C14H23N3O2S/c1-16(2)8-5-9-17(3)14-15-12-10(13(18)19)6-4-7-11(12)20-14/h10H,4-9H2,1-3H3,(H,18,19). The topological polar surface area (TPSA) is 56.7 Å². The van der Waals surface area contributed by atoms with Gasteiger partial charge in [0.25, 0.3) is 0 Å². The lowest BCUT2D eigenvalue weighted by Crippen LogP contribution is -2.23. The van der Waals surface area contributed by atoms with Gasteiger partial charge in [-0.15, -0.1) is 11.3 Å². The minimum atomic E-state index is -0.738. The largest absolute Gasteiger partial charge is 0.481 e. The molecule has 0 aromatic carbocycles. The molecule has 0 saturated heterocycles. The van der Waals surface area contributed by atoms with Crippen molar-refractivity contribution in [2.45, 2.75) is 31.6 Å². The smallest absolute Gasteiger partial charge is 0.312 e. The van der Waals surface area contributed by atoms with Crippen LogP contribution >= 0.6 is 11.3 Å². The third-order valence-corrected chi connectivity index (χ3v) is 4.91. The van der Waals surface area contributed by atoms with E-state index in [4.69, 9.17) is 0 Å². The number of aromatic nitrogens is 1. The van der Waals surface area contributed by atoms with Gasteiger partial charge in [0.1, 0.15) is 5.92 Å². The maximum atomic E-state index is 11.3. The molecule has 20 heavy (non-hydrogen) atoms. The van der Waals surface area contributed by atoms with Gasteiger partial charge in [0, 0.05) is 18.5 Å². The predicted octanol–water partition coefficient (Wildman–Crippen LogP) is 2.04. The number of hydrogen-bond donors (Lipinski definition) is 1. The fraction of sp³-hybridized carbons (Fsp3) is 0.714. The van der Waals surface area contributed by atoms with Crippen molar-refractivity contribution in [2.24, 2.45) is 0 Å². The highest BCUT2D eigenvalue weighted by Crippen LogP contribution is 2.37. The monoisotopic (exact) mass is 297 g/mol. The van der Waals surface area contributed by atoms with Gasteiger partial charge in [-0.05, 0) is 46.3 Å². The first-order valence-corrected chi connectivity index (χ1v) is 7.89. The average Bonchev–Trinajstić information content (AvgIpc) is 2.81. The van der Waals surface area contributed by atoms with Crippen molar-refractivity contribution in [3.63, 3.8) is 0 Å². The van der Waals surface area contributed by atoms with Crippen molar-refractivity contribution in [3.05, 3.63) is 10.6 Å². The lowest BCUT2D eigenvalue weighted by atomic mass is 9.91. The number of carbonyl (C=O) groups is 1. The molecule has 0 radical (unpaired) electrons. The number of carboxylic acids is 1. The van der Waals surface area contributed by atoms with Crippen LogP contribution in [0.15, 0.2) is 0 Å². The molecule has 1 heterocycles. The summed E-state index contributed by atoms with van der Waals surface area (Å²) in [5.41, 5.74) is 0.809. The molecule has 5 nitrogen and oxygen atoms in total. The molecule has 0 aliphatic heterocycles. The van der Waals surface area contributed by atoms with E-state index in [1.165, 1.54) is 0 Å². The normalized spacial score (nSPS) is 18.1. The fourth-order valence-corrected chi connectivity index (χ4v) is 3.68. The van der Waals surface area contributed by atoms with E-state index in [1.54, 1.807) is 11.3 Å². The molecule has 112 valence electrons. The number of aliphatic carboxylic acids is 1. The van der Waals surface area contributed by atoms with E-state index in [9.17, 15) is 9.90 Å². The van der Waals surface area contributed by atoms with Crippen molar-refractivity contribution in [2.75, 3.05) is 39.1 Å². The molecule has 6 heteroatoms. The fourth-order valence-electron chi connectivity index (χ4n) is 2.53. The van der Waals surface area contributed by atoms with Crippen LogP contribution in [0.3, 0.4) is 0 Å². The van der Waals surface area contributed by atoms with Crippen LogP contribution in [-0.2, 0) is 11.2 Å². The maximum Gasteiger partial charge on any atom is 0.312 e. The molecule has 0 fully saturated rings. The van der Waals surface area contributed by atoms with Crippen LogP contribution in [-0.4, -0.2) is 55.2 Å². The number of hydrogen-bond acceptors (Lipinski definition) is 5. The highest BCUT2D eigenvalue weighted by Gasteiger charge is 2.30. The number of fused-ring (bicyclic) bond motifs is 1. The molecule has 0 amide bonds. The van der Waals surface area contributed by atoms with E-state index in [-0.39, 0.29) is 0 Å². The molecule has 1 aromatic rings. The van der Waals surface area contributed by atoms with Gasteiger partial charge in [-0.2, -0.15) is 0 Å². The van der Waals surface area contributed by atoms with E-state index < -0.39 is 11.9 Å². The van der Waals surface area contributed by atoms with Gasteiger partial charge >= 0.3 is 5.97 Å². The van der Waals surface area contributed by atoms with Gasteiger partial charge in [0.05, 0.1) is 5.69 Å². The Morgan fingerprint density at radius 3 is 2.80 bits per heavy atom. The lowest BCUT2D eigenvalue weighted by molar-refractivity contribution is -0.139. The number of rotatable bonds is 6. The third kappa shape index (κ3) is 3.49. The van der Waals surface area contributed by atoms with Gasteiger partial charge in [0.15, 0.2) is 5.13 Å². The van der Waals surface area contributed by atoms with Crippen molar-refractivity contribution < 1.29 is 9.90 Å². The second-order valence-electron chi connectivity index (χ2n) is 5.67. The summed E-state index contributed by atoms with van der Waals surface area (Å²) in [5.74, 6) is -1.14. The first kappa shape index (κ1) is 15.3. The molecule has 1 aromatic heterocycles. The van der Waals surface area contributed by atoms with Crippen LogP contribution in [0.25, 0.3) is 0 Å². The molecule has 1 aliphatic carbocycles. The number of carboxylic acid groups (broad SMARTS) is 1. The minimum absolute atomic E-state index is 0.404. The molecule has 1 unspecified atom stereocenters. The number of thiazole rings is 1. The van der Waals surface area contributed by atoms with Crippen LogP contribution in [0, 0.1) is 0 Å². The van der Waals surface area contributed by atoms with E-state index in [1.807, 2.05) is 7.05 Å². The van der Waals surface area contributed by atoms with Gasteiger partial charge in [-0.1, -0.05) is 0 Å². The van der Waals surface area contributed by atoms with Crippen molar-refractivity contribution >= 4 is 22.4 Å². The van der Waals surface area contributed by atoms with Crippen LogP contribution in [0.5, 0.6) is 0 Å². The minimum Gasteiger partial charge on any atom is -0.481 e. The zero-order valence-electron chi connectivity index (χ0n) is 12.4. The van der Waals surface area contributed by atoms with E-state index in [2.05, 4.69) is 28.9 Å². The molecule has 1 atom stereocenters.